The van der Waals surface area contributed by atoms with Crippen molar-refractivity contribution in [3.05, 3.63) is 0 Å². The van der Waals surface area contributed by atoms with Crippen LogP contribution in [0.2, 0.25) is 0 Å². The van der Waals surface area contributed by atoms with E-state index in [0.29, 0.717) is 0 Å². The van der Waals surface area contributed by atoms with E-state index >= 15 is 0 Å². The maximum Gasteiger partial charge on any atom is 0.0382 e. The molecular weight excluding hydrogens is 252 g/mol. The molecule has 20 heavy (non-hydrogen) atoms. The maximum atomic E-state index is 9.56. The van der Waals surface area contributed by atoms with Gasteiger partial charge in [0.2, 0.25) is 0 Å². The van der Waals surface area contributed by atoms with Gasteiger partial charge in [0.15, 0.2) is 0 Å². The van der Waals surface area contributed by atoms with Gasteiger partial charge in [0.25, 0.3) is 0 Å². The van der Waals surface area contributed by atoms with Gasteiger partial charge in [-0.3, -0.25) is 0 Å². The lowest BCUT2D eigenvalue weighted by Crippen LogP contribution is -2.50. The first-order valence-corrected chi connectivity index (χ1v) is 7.29. The summed E-state index contributed by atoms with van der Waals surface area (Å²) in [5.74, 6) is 0. The monoisotopic (exact) mass is 290 g/mol. The Kier molecular flexibility index (Phi) is 7.45. The molecule has 0 aromatic rings. The second kappa shape index (κ2) is 6.73. The normalized spacial score (nSPS) is 14.4. The molecule has 0 aliphatic carbocycles. The standard InChI is InChI=1S/2C8H19NO/c2*1-7(2,3)9(10)8(4,5)6/h2*10H,1-6H3. The van der Waals surface area contributed by atoms with Crippen molar-refractivity contribution >= 4 is 0 Å². The van der Waals surface area contributed by atoms with Crippen LogP contribution in [-0.4, -0.2) is 42.7 Å². The van der Waals surface area contributed by atoms with Gasteiger partial charge in [0, 0.05) is 22.2 Å². The van der Waals surface area contributed by atoms with E-state index in [0.717, 1.165) is 0 Å². The third kappa shape index (κ3) is 8.90. The van der Waals surface area contributed by atoms with Gasteiger partial charge < -0.3 is 10.4 Å². The predicted molar refractivity (Wildman–Crippen MR) is 86.3 cm³/mol. The van der Waals surface area contributed by atoms with Crippen molar-refractivity contribution in [3.63, 3.8) is 0 Å². The summed E-state index contributed by atoms with van der Waals surface area (Å²) in [5, 5.41) is 21.9. The molecule has 124 valence electrons. The van der Waals surface area contributed by atoms with E-state index in [4.69, 9.17) is 0 Å². The lowest BCUT2D eigenvalue weighted by molar-refractivity contribution is -0.212. The second-order valence-electron chi connectivity index (χ2n) is 9.31. The molecule has 4 nitrogen and oxygen atoms in total. The third-order valence-electron chi connectivity index (χ3n) is 2.54. The number of hydrogen-bond donors (Lipinski definition) is 2. The van der Waals surface area contributed by atoms with Crippen molar-refractivity contribution in [1.82, 2.24) is 10.1 Å². The van der Waals surface area contributed by atoms with Gasteiger partial charge in [-0.2, -0.15) is 10.1 Å². The van der Waals surface area contributed by atoms with Crippen molar-refractivity contribution in [2.45, 2.75) is 105 Å². The summed E-state index contributed by atoms with van der Waals surface area (Å²) in [6.45, 7) is 23.8. The van der Waals surface area contributed by atoms with Crippen LogP contribution in [0.25, 0.3) is 0 Å². The Morgan fingerprint density at radius 2 is 0.500 bits per heavy atom. The molecule has 0 aromatic carbocycles. The average Bonchev–Trinajstić information content (AvgIpc) is 2.10. The third-order valence-corrected chi connectivity index (χ3v) is 2.54. The highest BCUT2D eigenvalue weighted by atomic mass is 16.5. The van der Waals surface area contributed by atoms with Gasteiger partial charge in [-0.1, -0.05) is 0 Å². The van der Waals surface area contributed by atoms with Gasteiger partial charge in [-0.15, -0.1) is 0 Å². The highest BCUT2D eigenvalue weighted by Crippen LogP contribution is 2.21. The molecule has 0 amide bonds. The van der Waals surface area contributed by atoms with E-state index in [1.54, 1.807) is 0 Å². The molecule has 0 aliphatic heterocycles. The lowest BCUT2D eigenvalue weighted by Gasteiger charge is -2.39. The quantitative estimate of drug-likeness (QED) is 0.643. The zero-order chi connectivity index (χ0) is 17.2. The van der Waals surface area contributed by atoms with Gasteiger partial charge in [0.1, 0.15) is 0 Å². The van der Waals surface area contributed by atoms with Crippen molar-refractivity contribution in [3.8, 4) is 0 Å². The molecule has 0 heterocycles. The molecule has 0 aromatic heterocycles. The first-order valence-electron chi connectivity index (χ1n) is 7.29. The molecule has 0 fully saturated rings. The summed E-state index contributed by atoms with van der Waals surface area (Å²) < 4.78 is 0. The van der Waals surface area contributed by atoms with E-state index in [2.05, 4.69) is 0 Å². The van der Waals surface area contributed by atoms with Gasteiger partial charge >= 0.3 is 0 Å². The number of hydrogen-bond acceptors (Lipinski definition) is 4. The molecule has 0 radical (unpaired) electrons. The highest BCUT2D eigenvalue weighted by Gasteiger charge is 2.30. The highest BCUT2D eigenvalue weighted by molar-refractivity contribution is 4.80. The summed E-state index contributed by atoms with van der Waals surface area (Å²) in [6, 6.07) is 0. The van der Waals surface area contributed by atoms with E-state index in [1.165, 1.54) is 10.1 Å². The van der Waals surface area contributed by atoms with Crippen molar-refractivity contribution in [2.75, 3.05) is 0 Å². The van der Waals surface area contributed by atoms with Crippen LogP contribution >= 0.6 is 0 Å². The molecule has 4 heteroatoms. The fraction of sp³-hybridized carbons (Fsp3) is 1.00. The molecule has 0 atom stereocenters. The molecule has 0 bridgehead atoms. The van der Waals surface area contributed by atoms with Crippen LogP contribution in [0.3, 0.4) is 0 Å². The van der Waals surface area contributed by atoms with Gasteiger partial charge in [0.05, 0.1) is 0 Å². The van der Waals surface area contributed by atoms with Crippen LogP contribution in [0.15, 0.2) is 0 Å². The maximum absolute atomic E-state index is 9.56. The zero-order valence-corrected chi connectivity index (χ0v) is 15.8. The zero-order valence-electron chi connectivity index (χ0n) is 15.8. The summed E-state index contributed by atoms with van der Waals surface area (Å²) in [5.41, 5.74) is -0.674. The van der Waals surface area contributed by atoms with E-state index in [-0.39, 0.29) is 22.2 Å². The Labute approximate surface area is 126 Å². The molecule has 0 saturated heterocycles. The summed E-state index contributed by atoms with van der Waals surface area (Å²) in [7, 11) is 0. The minimum absolute atomic E-state index is 0.168. The SMILES string of the molecule is CC(C)(C)N(O)C(C)(C)C.CC(C)(C)N(O)C(C)(C)C. The van der Waals surface area contributed by atoms with Crippen molar-refractivity contribution in [2.24, 2.45) is 0 Å². The minimum Gasteiger partial charge on any atom is -0.313 e. The van der Waals surface area contributed by atoms with E-state index < -0.39 is 0 Å². The molecular formula is C16H38N2O2. The number of hydroxylamine groups is 4. The average molecular weight is 290 g/mol. The van der Waals surface area contributed by atoms with Crippen LogP contribution in [0.1, 0.15) is 83.1 Å². The molecule has 0 unspecified atom stereocenters. The van der Waals surface area contributed by atoms with Crippen LogP contribution in [0.5, 0.6) is 0 Å². The Morgan fingerprint density at radius 3 is 0.500 bits per heavy atom. The first-order chi connectivity index (χ1) is 8.31. The fourth-order valence-corrected chi connectivity index (χ4v) is 2.01. The fourth-order valence-electron chi connectivity index (χ4n) is 2.01. The Morgan fingerprint density at radius 1 is 0.400 bits per heavy atom. The molecule has 0 spiro atoms. The van der Waals surface area contributed by atoms with Crippen LogP contribution in [0.4, 0.5) is 0 Å². The van der Waals surface area contributed by atoms with Gasteiger partial charge in [-0.25, -0.2) is 0 Å². The van der Waals surface area contributed by atoms with Crippen LogP contribution < -0.4 is 0 Å². The van der Waals surface area contributed by atoms with Crippen molar-refractivity contribution in [1.29, 1.82) is 0 Å². The number of rotatable bonds is 0. The Balaban J connectivity index is 0. The van der Waals surface area contributed by atoms with Crippen LogP contribution in [-0.2, 0) is 0 Å². The van der Waals surface area contributed by atoms with E-state index in [1.807, 2.05) is 83.1 Å². The molecule has 0 aliphatic rings. The first kappa shape index (κ1) is 22.1. The molecule has 2 N–H and O–H groups in total. The minimum atomic E-state index is -0.168. The predicted octanol–water partition coefficient (Wildman–Crippen LogP) is 4.55. The van der Waals surface area contributed by atoms with Gasteiger partial charge in [-0.05, 0) is 83.1 Å². The summed E-state index contributed by atoms with van der Waals surface area (Å²) >= 11 is 0. The largest absolute Gasteiger partial charge is 0.313 e. The molecule has 0 saturated carbocycles. The molecule has 0 rings (SSSR count). The Hall–Kier alpha value is -0.160. The van der Waals surface area contributed by atoms with Crippen molar-refractivity contribution < 1.29 is 10.4 Å². The second-order valence-corrected chi connectivity index (χ2v) is 9.31. The topological polar surface area (TPSA) is 46.9 Å². The smallest absolute Gasteiger partial charge is 0.0382 e. The Bertz CT molecular complexity index is 217. The number of nitrogens with zero attached hydrogens (tertiary/aromatic N) is 2. The lowest BCUT2D eigenvalue weighted by atomic mass is 10.0. The van der Waals surface area contributed by atoms with E-state index in [9.17, 15) is 10.4 Å². The van der Waals surface area contributed by atoms with Crippen LogP contribution in [0, 0.1) is 0 Å². The summed E-state index contributed by atoms with van der Waals surface area (Å²) in [6.07, 6.45) is 0. The summed E-state index contributed by atoms with van der Waals surface area (Å²) in [4.78, 5) is 0.